The molecule has 0 fully saturated rings. The zero-order valence-corrected chi connectivity index (χ0v) is 5.77. The number of hydrogen-bond donors (Lipinski definition) is 1. The van der Waals surface area contributed by atoms with Gasteiger partial charge >= 0.3 is 0 Å². The van der Waals surface area contributed by atoms with Gasteiger partial charge < -0.3 is 5.11 Å². The van der Waals surface area contributed by atoms with Crippen LogP contribution in [0.1, 0.15) is 5.69 Å². The third-order valence-electron chi connectivity index (χ3n) is 1.08. The Balaban J connectivity index is 3.14. The lowest BCUT2D eigenvalue weighted by Gasteiger charge is -1.97. The van der Waals surface area contributed by atoms with Crippen LogP contribution in [0.5, 0.6) is 5.75 Å². The number of rotatable bonds is 1. The van der Waals surface area contributed by atoms with E-state index in [2.05, 4.69) is 4.98 Å². The van der Waals surface area contributed by atoms with Gasteiger partial charge in [-0.15, -0.1) is 11.6 Å². The van der Waals surface area contributed by atoms with E-state index < -0.39 is 11.6 Å². The molecule has 54 valence electrons. The van der Waals surface area contributed by atoms with Crippen LogP contribution >= 0.6 is 11.6 Å². The molecule has 0 aliphatic rings. The molecule has 0 atom stereocenters. The number of hydrogen-bond acceptors (Lipinski definition) is 2. The highest BCUT2D eigenvalue weighted by atomic mass is 35.5. The minimum Gasteiger partial charge on any atom is -0.504 e. The van der Waals surface area contributed by atoms with Crippen molar-refractivity contribution in [2.45, 2.75) is 5.88 Å². The van der Waals surface area contributed by atoms with Gasteiger partial charge in [0.25, 0.3) is 0 Å². The van der Waals surface area contributed by atoms with Gasteiger partial charge in [-0.1, -0.05) is 0 Å². The summed E-state index contributed by atoms with van der Waals surface area (Å²) in [6.07, 6.45) is 1.26. The second-order valence-corrected chi connectivity index (χ2v) is 1.99. The summed E-state index contributed by atoms with van der Waals surface area (Å²) in [5.41, 5.74) is 0.168. The number of aromatic hydroxyl groups is 1. The van der Waals surface area contributed by atoms with E-state index in [-0.39, 0.29) is 11.6 Å². The Kier molecular flexibility index (Phi) is 2.06. The maximum atomic E-state index is 12.4. The summed E-state index contributed by atoms with van der Waals surface area (Å²) in [5.74, 6) is -1.13. The van der Waals surface area contributed by atoms with E-state index in [9.17, 15) is 4.39 Å². The van der Waals surface area contributed by atoms with Crippen molar-refractivity contribution in [2.24, 2.45) is 0 Å². The van der Waals surface area contributed by atoms with Gasteiger partial charge in [0.1, 0.15) is 0 Å². The average Bonchev–Trinajstić information content (AvgIpc) is 1.95. The molecule has 10 heavy (non-hydrogen) atoms. The van der Waals surface area contributed by atoms with Crippen molar-refractivity contribution in [3.8, 4) is 5.75 Å². The summed E-state index contributed by atoms with van der Waals surface area (Å²) in [4.78, 5) is 3.64. The molecule has 1 aromatic rings. The number of aromatic nitrogens is 1. The Morgan fingerprint density at radius 2 is 2.40 bits per heavy atom. The predicted molar refractivity (Wildman–Crippen MR) is 35.4 cm³/mol. The van der Waals surface area contributed by atoms with Gasteiger partial charge in [0.2, 0.25) is 0 Å². The third kappa shape index (κ3) is 1.19. The first kappa shape index (κ1) is 7.28. The Bertz CT molecular complexity index is 241. The lowest BCUT2D eigenvalue weighted by molar-refractivity contribution is 0.424. The van der Waals surface area contributed by atoms with Gasteiger partial charge in [0, 0.05) is 6.20 Å². The van der Waals surface area contributed by atoms with E-state index in [1.54, 1.807) is 0 Å². The summed E-state index contributed by atoms with van der Waals surface area (Å²) in [6.45, 7) is 0. The summed E-state index contributed by atoms with van der Waals surface area (Å²) < 4.78 is 12.4. The SMILES string of the molecule is Oc1c(F)ccnc1CCl. The molecule has 0 bridgehead atoms. The first-order valence-corrected chi connectivity index (χ1v) is 3.17. The molecule has 0 aliphatic carbocycles. The summed E-state index contributed by atoms with van der Waals surface area (Å²) in [7, 11) is 0. The lowest BCUT2D eigenvalue weighted by atomic mass is 10.3. The Morgan fingerprint density at radius 3 is 2.90 bits per heavy atom. The molecule has 0 aromatic carbocycles. The predicted octanol–water partition coefficient (Wildman–Crippen LogP) is 1.67. The molecule has 0 saturated carbocycles. The highest BCUT2D eigenvalue weighted by molar-refractivity contribution is 6.17. The molecule has 0 aliphatic heterocycles. The van der Waals surface area contributed by atoms with Crippen molar-refractivity contribution in [3.05, 3.63) is 23.8 Å². The molecule has 4 heteroatoms. The van der Waals surface area contributed by atoms with Crippen molar-refractivity contribution in [2.75, 3.05) is 0 Å². The van der Waals surface area contributed by atoms with E-state index in [4.69, 9.17) is 16.7 Å². The van der Waals surface area contributed by atoms with Crippen molar-refractivity contribution >= 4 is 11.6 Å². The smallest absolute Gasteiger partial charge is 0.174 e. The Morgan fingerprint density at radius 1 is 1.70 bits per heavy atom. The topological polar surface area (TPSA) is 33.1 Å². The van der Waals surface area contributed by atoms with Gasteiger partial charge in [0.05, 0.1) is 11.6 Å². The fourth-order valence-electron chi connectivity index (χ4n) is 0.568. The van der Waals surface area contributed by atoms with Crippen LogP contribution < -0.4 is 0 Å². The maximum absolute atomic E-state index is 12.4. The van der Waals surface area contributed by atoms with Crippen LogP contribution in [0, 0.1) is 5.82 Å². The van der Waals surface area contributed by atoms with E-state index in [1.165, 1.54) is 6.20 Å². The van der Waals surface area contributed by atoms with Crippen LogP contribution in [0.25, 0.3) is 0 Å². The van der Waals surface area contributed by atoms with Gasteiger partial charge in [-0.05, 0) is 6.07 Å². The molecule has 0 saturated heterocycles. The second kappa shape index (κ2) is 2.84. The van der Waals surface area contributed by atoms with E-state index in [1.807, 2.05) is 0 Å². The van der Waals surface area contributed by atoms with Gasteiger partial charge in [-0.3, -0.25) is 4.98 Å². The van der Waals surface area contributed by atoms with Crippen LogP contribution in [0.15, 0.2) is 12.3 Å². The maximum Gasteiger partial charge on any atom is 0.174 e. The first-order chi connectivity index (χ1) is 4.75. The molecule has 1 rings (SSSR count). The standard InChI is InChI=1S/C6H5ClFNO/c7-3-5-6(10)4(8)1-2-9-5/h1-2,10H,3H2. The molecule has 0 unspecified atom stereocenters. The first-order valence-electron chi connectivity index (χ1n) is 2.64. The quantitative estimate of drug-likeness (QED) is 0.636. The fourth-order valence-corrected chi connectivity index (χ4v) is 0.764. The molecule has 0 amide bonds. The molecular formula is C6H5ClFNO. The monoisotopic (exact) mass is 161 g/mol. The summed E-state index contributed by atoms with van der Waals surface area (Å²) in [5, 5.41) is 8.88. The van der Waals surface area contributed by atoms with Crippen LogP contribution in [-0.4, -0.2) is 10.1 Å². The normalized spacial score (nSPS) is 9.80. The lowest BCUT2D eigenvalue weighted by Crippen LogP contribution is -1.87. The Labute approximate surface area is 62.3 Å². The average molecular weight is 162 g/mol. The van der Waals surface area contributed by atoms with Gasteiger partial charge in [0.15, 0.2) is 11.6 Å². The number of alkyl halides is 1. The largest absolute Gasteiger partial charge is 0.504 e. The van der Waals surface area contributed by atoms with Gasteiger partial charge in [-0.25, -0.2) is 4.39 Å². The number of pyridine rings is 1. The number of nitrogens with zero attached hydrogens (tertiary/aromatic N) is 1. The van der Waals surface area contributed by atoms with E-state index in [0.717, 1.165) is 6.07 Å². The molecule has 1 N–H and O–H groups in total. The molecule has 2 nitrogen and oxygen atoms in total. The van der Waals surface area contributed by atoms with Crippen LogP contribution in [0.4, 0.5) is 4.39 Å². The van der Waals surface area contributed by atoms with Crippen LogP contribution in [0.2, 0.25) is 0 Å². The third-order valence-corrected chi connectivity index (χ3v) is 1.33. The Hall–Kier alpha value is -0.830. The van der Waals surface area contributed by atoms with Crippen molar-refractivity contribution in [1.29, 1.82) is 0 Å². The summed E-state index contributed by atoms with van der Waals surface area (Å²) >= 11 is 5.32. The van der Waals surface area contributed by atoms with Crippen LogP contribution in [0.3, 0.4) is 0 Å². The molecule has 0 radical (unpaired) electrons. The molecule has 0 spiro atoms. The van der Waals surface area contributed by atoms with Crippen molar-refractivity contribution < 1.29 is 9.50 Å². The van der Waals surface area contributed by atoms with Crippen LogP contribution in [-0.2, 0) is 5.88 Å². The number of halogens is 2. The van der Waals surface area contributed by atoms with Crippen molar-refractivity contribution in [1.82, 2.24) is 4.98 Å². The van der Waals surface area contributed by atoms with E-state index in [0.29, 0.717) is 0 Å². The zero-order chi connectivity index (χ0) is 7.56. The highest BCUT2D eigenvalue weighted by Crippen LogP contribution is 2.19. The molecule has 1 aromatic heterocycles. The molecular weight excluding hydrogens is 157 g/mol. The summed E-state index contributed by atoms with van der Waals surface area (Å²) in [6, 6.07) is 1.07. The van der Waals surface area contributed by atoms with E-state index >= 15 is 0 Å². The minimum atomic E-state index is -0.689. The molecule has 1 heterocycles. The highest BCUT2D eigenvalue weighted by Gasteiger charge is 2.05. The fraction of sp³-hybridized carbons (Fsp3) is 0.167. The second-order valence-electron chi connectivity index (χ2n) is 1.72. The zero-order valence-electron chi connectivity index (χ0n) is 5.01. The minimum absolute atomic E-state index is 0.0175. The van der Waals surface area contributed by atoms with Gasteiger partial charge in [-0.2, -0.15) is 0 Å². The van der Waals surface area contributed by atoms with Crippen molar-refractivity contribution in [3.63, 3.8) is 0 Å².